The highest BCUT2D eigenvalue weighted by Gasteiger charge is 2.22. The van der Waals surface area contributed by atoms with Gasteiger partial charge in [-0.05, 0) is 61.4 Å². The van der Waals surface area contributed by atoms with Crippen molar-refractivity contribution in [2.45, 2.75) is 38.1 Å². The molecule has 1 fully saturated rings. The number of rotatable bonds is 5. The highest BCUT2D eigenvalue weighted by atomic mass is 19.1. The van der Waals surface area contributed by atoms with Gasteiger partial charge < -0.3 is 10.1 Å². The standard InChI is InChI=1S/C22H23FN4O2/c1-29-19-13-11-18(12-14-19)27-21(15-7-9-16(23)10-8-15)25-20(26-27)22(28)24-17-5-3-2-4-6-17/h7-14,17H,2-6H2,1H3,(H,24,28). The summed E-state index contributed by atoms with van der Waals surface area (Å²) in [5.74, 6) is 0.675. The molecule has 1 amide bonds. The van der Waals surface area contributed by atoms with Gasteiger partial charge >= 0.3 is 0 Å². The number of nitrogens with zero attached hydrogens (tertiary/aromatic N) is 3. The van der Waals surface area contributed by atoms with Crippen LogP contribution in [-0.2, 0) is 0 Å². The summed E-state index contributed by atoms with van der Waals surface area (Å²) >= 11 is 0. The summed E-state index contributed by atoms with van der Waals surface area (Å²) in [6, 6.07) is 13.4. The fourth-order valence-corrected chi connectivity index (χ4v) is 3.59. The fourth-order valence-electron chi connectivity index (χ4n) is 3.59. The van der Waals surface area contributed by atoms with Gasteiger partial charge in [-0.3, -0.25) is 4.79 Å². The summed E-state index contributed by atoms with van der Waals surface area (Å²) in [5, 5.41) is 7.51. The number of aromatic nitrogens is 3. The summed E-state index contributed by atoms with van der Waals surface area (Å²) in [4.78, 5) is 17.2. The first kappa shape index (κ1) is 19.1. The Labute approximate surface area is 168 Å². The van der Waals surface area contributed by atoms with Crippen LogP contribution in [0.15, 0.2) is 48.5 Å². The van der Waals surface area contributed by atoms with E-state index < -0.39 is 0 Å². The van der Waals surface area contributed by atoms with Gasteiger partial charge in [0.15, 0.2) is 5.82 Å². The predicted molar refractivity (Wildman–Crippen MR) is 108 cm³/mol. The third kappa shape index (κ3) is 4.29. The Bertz CT molecular complexity index is 977. The van der Waals surface area contributed by atoms with Crippen LogP contribution in [0.2, 0.25) is 0 Å². The van der Waals surface area contributed by atoms with Gasteiger partial charge in [0.25, 0.3) is 5.91 Å². The van der Waals surface area contributed by atoms with Gasteiger partial charge in [-0.25, -0.2) is 14.1 Å². The van der Waals surface area contributed by atoms with E-state index in [0.29, 0.717) is 17.1 Å². The van der Waals surface area contributed by atoms with Crippen molar-refractivity contribution >= 4 is 5.91 Å². The molecule has 0 spiro atoms. The minimum absolute atomic E-state index is 0.103. The molecular formula is C22H23FN4O2. The molecule has 29 heavy (non-hydrogen) atoms. The second-order valence-corrected chi connectivity index (χ2v) is 7.18. The maximum absolute atomic E-state index is 13.4. The van der Waals surface area contributed by atoms with Crippen molar-refractivity contribution < 1.29 is 13.9 Å². The number of hydrogen-bond donors (Lipinski definition) is 1. The van der Waals surface area contributed by atoms with Crippen LogP contribution < -0.4 is 10.1 Å². The van der Waals surface area contributed by atoms with Crippen molar-refractivity contribution in [1.29, 1.82) is 0 Å². The lowest BCUT2D eigenvalue weighted by molar-refractivity contribution is 0.0917. The minimum atomic E-state index is -0.334. The number of carbonyl (C=O) groups is 1. The number of ether oxygens (including phenoxy) is 1. The van der Waals surface area contributed by atoms with Gasteiger partial charge in [-0.1, -0.05) is 19.3 Å². The van der Waals surface area contributed by atoms with Gasteiger partial charge in [0.2, 0.25) is 5.82 Å². The third-order valence-electron chi connectivity index (χ3n) is 5.17. The topological polar surface area (TPSA) is 69.0 Å². The largest absolute Gasteiger partial charge is 0.497 e. The number of halogens is 1. The molecule has 150 valence electrons. The molecule has 0 saturated heterocycles. The number of carbonyl (C=O) groups excluding carboxylic acids is 1. The van der Waals surface area contributed by atoms with E-state index >= 15 is 0 Å². The van der Waals surface area contributed by atoms with E-state index in [4.69, 9.17) is 4.74 Å². The monoisotopic (exact) mass is 394 g/mol. The molecule has 1 aliphatic carbocycles. The van der Waals surface area contributed by atoms with E-state index in [1.807, 2.05) is 24.3 Å². The van der Waals surface area contributed by atoms with Crippen LogP contribution in [0, 0.1) is 5.82 Å². The number of hydrogen-bond acceptors (Lipinski definition) is 4. The fraction of sp³-hybridized carbons (Fsp3) is 0.318. The molecule has 2 aromatic carbocycles. The Morgan fingerprint density at radius 3 is 2.41 bits per heavy atom. The Morgan fingerprint density at radius 2 is 1.76 bits per heavy atom. The van der Waals surface area contributed by atoms with Crippen molar-refractivity contribution in [2.75, 3.05) is 7.11 Å². The summed E-state index contributed by atoms with van der Waals surface area (Å²) in [6.45, 7) is 0. The van der Waals surface area contributed by atoms with Crippen LogP contribution in [0.4, 0.5) is 4.39 Å². The predicted octanol–water partition coefficient (Wildman–Crippen LogP) is 4.14. The highest BCUT2D eigenvalue weighted by molar-refractivity contribution is 5.91. The number of nitrogens with one attached hydrogen (secondary N) is 1. The normalized spacial score (nSPS) is 14.6. The molecule has 0 atom stereocenters. The van der Waals surface area contributed by atoms with E-state index in [2.05, 4.69) is 15.4 Å². The smallest absolute Gasteiger partial charge is 0.291 e. The van der Waals surface area contributed by atoms with E-state index in [1.54, 1.807) is 23.9 Å². The maximum atomic E-state index is 13.4. The Kier molecular flexibility index (Phi) is 5.55. The molecule has 4 rings (SSSR count). The number of benzene rings is 2. The Balaban J connectivity index is 1.69. The quantitative estimate of drug-likeness (QED) is 0.706. The summed E-state index contributed by atoms with van der Waals surface area (Å²) in [7, 11) is 1.60. The number of amides is 1. The summed E-state index contributed by atoms with van der Waals surface area (Å²) in [5.41, 5.74) is 1.40. The third-order valence-corrected chi connectivity index (χ3v) is 5.17. The Hall–Kier alpha value is -3.22. The average Bonchev–Trinajstić information content (AvgIpc) is 3.21. The van der Waals surface area contributed by atoms with Gasteiger partial charge in [0.05, 0.1) is 12.8 Å². The second kappa shape index (κ2) is 8.43. The van der Waals surface area contributed by atoms with Crippen molar-refractivity contribution in [3.05, 3.63) is 60.2 Å². The summed E-state index contributed by atoms with van der Waals surface area (Å²) < 4.78 is 20.2. The first-order valence-electron chi connectivity index (χ1n) is 9.82. The molecule has 0 bridgehead atoms. The molecule has 0 unspecified atom stereocenters. The maximum Gasteiger partial charge on any atom is 0.291 e. The van der Waals surface area contributed by atoms with Gasteiger partial charge in [-0.2, -0.15) is 0 Å². The number of methoxy groups -OCH3 is 1. The van der Waals surface area contributed by atoms with Crippen LogP contribution >= 0.6 is 0 Å². The molecule has 3 aromatic rings. The van der Waals surface area contributed by atoms with E-state index in [1.165, 1.54) is 18.6 Å². The lowest BCUT2D eigenvalue weighted by atomic mass is 9.95. The molecule has 1 aromatic heterocycles. The van der Waals surface area contributed by atoms with Crippen molar-refractivity contribution in [3.8, 4) is 22.8 Å². The first-order chi connectivity index (χ1) is 14.1. The molecule has 0 radical (unpaired) electrons. The van der Waals surface area contributed by atoms with E-state index in [9.17, 15) is 9.18 Å². The van der Waals surface area contributed by atoms with E-state index in [0.717, 1.165) is 31.4 Å². The summed E-state index contributed by atoms with van der Waals surface area (Å²) in [6.07, 6.45) is 5.43. The Morgan fingerprint density at radius 1 is 1.07 bits per heavy atom. The van der Waals surface area contributed by atoms with Crippen LogP contribution in [0.3, 0.4) is 0 Å². The van der Waals surface area contributed by atoms with Crippen LogP contribution in [0.1, 0.15) is 42.7 Å². The first-order valence-corrected chi connectivity index (χ1v) is 9.82. The zero-order chi connectivity index (χ0) is 20.2. The minimum Gasteiger partial charge on any atom is -0.497 e. The van der Waals surface area contributed by atoms with Crippen LogP contribution in [0.25, 0.3) is 17.1 Å². The van der Waals surface area contributed by atoms with E-state index in [-0.39, 0.29) is 23.6 Å². The second-order valence-electron chi connectivity index (χ2n) is 7.18. The highest BCUT2D eigenvalue weighted by Crippen LogP contribution is 2.24. The molecule has 1 heterocycles. The lowest BCUT2D eigenvalue weighted by Crippen LogP contribution is -2.36. The van der Waals surface area contributed by atoms with Crippen molar-refractivity contribution in [3.63, 3.8) is 0 Å². The molecule has 1 aliphatic rings. The zero-order valence-corrected chi connectivity index (χ0v) is 16.3. The molecule has 0 aliphatic heterocycles. The molecule has 7 heteroatoms. The molecule has 1 N–H and O–H groups in total. The molecule has 1 saturated carbocycles. The van der Waals surface area contributed by atoms with Crippen molar-refractivity contribution in [2.24, 2.45) is 0 Å². The van der Waals surface area contributed by atoms with Crippen LogP contribution in [-0.4, -0.2) is 33.8 Å². The van der Waals surface area contributed by atoms with Gasteiger partial charge in [0.1, 0.15) is 11.6 Å². The van der Waals surface area contributed by atoms with Gasteiger partial charge in [0, 0.05) is 11.6 Å². The SMILES string of the molecule is COc1ccc(-n2nc(C(=O)NC3CCCCC3)nc2-c2ccc(F)cc2)cc1. The van der Waals surface area contributed by atoms with Crippen molar-refractivity contribution in [1.82, 2.24) is 20.1 Å². The zero-order valence-electron chi connectivity index (χ0n) is 16.3. The molecule has 6 nitrogen and oxygen atoms in total. The van der Waals surface area contributed by atoms with Crippen LogP contribution in [0.5, 0.6) is 5.75 Å². The molecular weight excluding hydrogens is 371 g/mol. The average molecular weight is 394 g/mol. The van der Waals surface area contributed by atoms with Gasteiger partial charge in [-0.15, -0.1) is 5.10 Å². The lowest BCUT2D eigenvalue weighted by Gasteiger charge is -2.21.